The quantitative estimate of drug-likeness (QED) is 0.878. The summed E-state index contributed by atoms with van der Waals surface area (Å²) in [5.41, 5.74) is 1.35. The smallest absolute Gasteiger partial charge is 0.244 e. The zero-order valence-electron chi connectivity index (χ0n) is 10.9. The Balaban J connectivity index is 1.78. The highest BCUT2D eigenvalue weighted by molar-refractivity contribution is 8.23. The second-order valence-electron chi connectivity index (χ2n) is 4.46. The summed E-state index contributed by atoms with van der Waals surface area (Å²) >= 11 is 6.33. The molecule has 1 aromatic carbocycles. The molecule has 0 spiro atoms. The van der Waals surface area contributed by atoms with Crippen LogP contribution in [0.4, 0.5) is 5.69 Å². The van der Waals surface area contributed by atoms with Crippen LogP contribution in [0.2, 0.25) is 0 Å². The van der Waals surface area contributed by atoms with E-state index in [9.17, 15) is 9.59 Å². The van der Waals surface area contributed by atoms with E-state index in [2.05, 4.69) is 10.3 Å². The number of nitrogens with one attached hydrogen (secondary N) is 1. The van der Waals surface area contributed by atoms with Gasteiger partial charge in [-0.1, -0.05) is 42.2 Å². The maximum atomic E-state index is 12.1. The topological polar surface area (TPSA) is 62.3 Å². The number of pyridine rings is 1. The summed E-state index contributed by atoms with van der Waals surface area (Å²) in [5, 5.41) is 3.73. The Labute approximate surface area is 130 Å². The largest absolute Gasteiger partial charge is 0.323 e. The first-order chi connectivity index (χ1) is 10.1. The molecule has 0 atom stereocenters. The van der Waals surface area contributed by atoms with Crippen molar-refractivity contribution < 1.29 is 9.59 Å². The average Bonchev–Trinajstić information content (AvgIpc) is 2.79. The van der Waals surface area contributed by atoms with E-state index in [1.165, 1.54) is 16.7 Å². The van der Waals surface area contributed by atoms with E-state index >= 15 is 0 Å². The lowest BCUT2D eigenvalue weighted by molar-refractivity contribution is -0.127. The number of carbonyl (C=O) groups excluding carboxylic acids is 2. The number of thiocarbonyl (C=S) groups is 1. The summed E-state index contributed by atoms with van der Waals surface area (Å²) in [6.45, 7) is -0.0616. The molecule has 0 unspecified atom stereocenters. The van der Waals surface area contributed by atoms with Gasteiger partial charge in [0.05, 0.1) is 17.0 Å². The van der Waals surface area contributed by atoms with Gasteiger partial charge in [-0.3, -0.25) is 19.5 Å². The molecule has 7 heteroatoms. The Morgan fingerprint density at radius 2 is 2.19 bits per heavy atom. The first kappa shape index (κ1) is 14.0. The number of benzene rings is 1. The molecule has 1 fully saturated rings. The highest BCUT2D eigenvalue weighted by Gasteiger charge is 2.28. The number of hydrogen-bond acceptors (Lipinski definition) is 5. The molecule has 106 valence electrons. The minimum absolute atomic E-state index is 0.0616. The van der Waals surface area contributed by atoms with Crippen molar-refractivity contribution >= 4 is 56.7 Å². The van der Waals surface area contributed by atoms with Crippen LogP contribution in [0.5, 0.6) is 0 Å². The molecular formula is C14H11N3O2S2. The number of nitrogens with zero attached hydrogens (tertiary/aromatic N) is 2. The Bertz CT molecular complexity index is 727. The van der Waals surface area contributed by atoms with Crippen molar-refractivity contribution in [2.45, 2.75) is 0 Å². The molecule has 1 aliphatic rings. The number of aromatic nitrogens is 1. The predicted molar refractivity (Wildman–Crippen MR) is 87.1 cm³/mol. The summed E-state index contributed by atoms with van der Waals surface area (Å²) in [7, 11) is 0. The van der Waals surface area contributed by atoms with E-state index in [1.54, 1.807) is 12.3 Å². The molecule has 2 aromatic rings. The fraction of sp³-hybridized carbons (Fsp3) is 0.143. The van der Waals surface area contributed by atoms with Crippen LogP contribution in [0.15, 0.2) is 36.5 Å². The first-order valence-corrected chi connectivity index (χ1v) is 7.65. The van der Waals surface area contributed by atoms with E-state index in [0.717, 1.165) is 10.9 Å². The zero-order valence-corrected chi connectivity index (χ0v) is 12.5. The summed E-state index contributed by atoms with van der Waals surface area (Å²) < 4.78 is 0.450. The third kappa shape index (κ3) is 2.88. The van der Waals surface area contributed by atoms with Gasteiger partial charge >= 0.3 is 0 Å². The van der Waals surface area contributed by atoms with Crippen molar-refractivity contribution in [2.75, 3.05) is 17.6 Å². The normalized spacial score (nSPS) is 14.8. The Hall–Kier alpha value is -1.99. The van der Waals surface area contributed by atoms with Gasteiger partial charge in [-0.25, -0.2) is 0 Å². The van der Waals surface area contributed by atoms with Gasteiger partial charge in [-0.15, -0.1) is 0 Å². The van der Waals surface area contributed by atoms with Crippen LogP contribution < -0.4 is 5.32 Å². The lowest BCUT2D eigenvalue weighted by Gasteiger charge is -2.15. The van der Waals surface area contributed by atoms with E-state index in [4.69, 9.17) is 12.2 Å². The molecule has 5 nitrogen and oxygen atoms in total. The molecule has 21 heavy (non-hydrogen) atoms. The highest BCUT2D eigenvalue weighted by atomic mass is 32.2. The van der Waals surface area contributed by atoms with E-state index < -0.39 is 0 Å². The van der Waals surface area contributed by atoms with Gasteiger partial charge in [0.1, 0.15) is 10.9 Å². The molecule has 2 heterocycles. The molecule has 1 N–H and O–H groups in total. The van der Waals surface area contributed by atoms with Crippen molar-refractivity contribution in [1.82, 2.24) is 9.88 Å². The van der Waals surface area contributed by atoms with Gasteiger partial charge in [-0.2, -0.15) is 0 Å². The number of carbonyl (C=O) groups is 2. The summed E-state index contributed by atoms with van der Waals surface area (Å²) in [4.78, 5) is 29.3. The Morgan fingerprint density at radius 3 is 2.95 bits per heavy atom. The maximum Gasteiger partial charge on any atom is 0.244 e. The summed E-state index contributed by atoms with van der Waals surface area (Å²) in [6, 6.07) is 9.32. The van der Waals surface area contributed by atoms with Gasteiger partial charge in [0.15, 0.2) is 0 Å². The molecule has 0 radical (unpaired) electrons. The average molecular weight is 317 g/mol. The molecule has 3 rings (SSSR count). The van der Waals surface area contributed by atoms with E-state index in [0.29, 0.717) is 15.8 Å². The van der Waals surface area contributed by atoms with Crippen LogP contribution in [-0.4, -0.2) is 38.3 Å². The van der Waals surface area contributed by atoms with Crippen LogP contribution >= 0.6 is 24.0 Å². The number of fused-ring (bicyclic) bond motifs is 1. The van der Waals surface area contributed by atoms with Crippen LogP contribution in [0.1, 0.15) is 0 Å². The number of amides is 2. The molecule has 2 amide bonds. The SMILES string of the molecule is O=C(CN1C(=O)CSC1=S)Nc1cccc2cccnc12. The molecular weight excluding hydrogens is 306 g/mol. The maximum absolute atomic E-state index is 12.1. The Kier molecular flexibility index (Phi) is 3.85. The summed E-state index contributed by atoms with van der Waals surface area (Å²) in [6.07, 6.45) is 1.67. The van der Waals surface area contributed by atoms with Crippen LogP contribution in [0.3, 0.4) is 0 Å². The van der Waals surface area contributed by atoms with Crippen LogP contribution in [-0.2, 0) is 9.59 Å². The van der Waals surface area contributed by atoms with Gasteiger partial charge in [0.2, 0.25) is 11.8 Å². The monoisotopic (exact) mass is 317 g/mol. The van der Waals surface area contributed by atoms with Gasteiger partial charge in [0.25, 0.3) is 0 Å². The number of anilines is 1. The van der Waals surface area contributed by atoms with Crippen LogP contribution in [0.25, 0.3) is 10.9 Å². The molecule has 0 bridgehead atoms. The van der Waals surface area contributed by atoms with Crippen molar-refractivity contribution in [3.05, 3.63) is 36.5 Å². The second-order valence-corrected chi connectivity index (χ2v) is 6.07. The van der Waals surface area contributed by atoms with Gasteiger partial charge in [0, 0.05) is 11.6 Å². The van der Waals surface area contributed by atoms with E-state index in [1.807, 2.05) is 24.3 Å². The van der Waals surface area contributed by atoms with Crippen molar-refractivity contribution in [3.8, 4) is 0 Å². The third-order valence-corrected chi connectivity index (χ3v) is 4.48. The lowest BCUT2D eigenvalue weighted by atomic mass is 10.2. The van der Waals surface area contributed by atoms with Crippen LogP contribution in [0, 0.1) is 0 Å². The first-order valence-electron chi connectivity index (χ1n) is 6.26. The number of para-hydroxylation sites is 1. The number of rotatable bonds is 3. The molecule has 0 aliphatic carbocycles. The number of thioether (sulfide) groups is 1. The van der Waals surface area contributed by atoms with Gasteiger partial charge in [-0.05, 0) is 12.1 Å². The molecule has 1 aliphatic heterocycles. The van der Waals surface area contributed by atoms with Crippen molar-refractivity contribution in [2.24, 2.45) is 0 Å². The van der Waals surface area contributed by atoms with Crippen molar-refractivity contribution in [1.29, 1.82) is 0 Å². The third-order valence-electron chi connectivity index (χ3n) is 3.05. The van der Waals surface area contributed by atoms with E-state index in [-0.39, 0.29) is 18.4 Å². The predicted octanol–water partition coefficient (Wildman–Crippen LogP) is 2.03. The second kappa shape index (κ2) is 5.79. The standard InChI is InChI=1S/C14H11N3O2S2/c18-11(7-17-12(19)8-21-14(17)20)16-10-5-1-3-9-4-2-6-15-13(9)10/h1-6H,7-8H2,(H,16,18). The minimum atomic E-state index is -0.286. The molecule has 0 saturated carbocycles. The zero-order chi connectivity index (χ0) is 14.8. The van der Waals surface area contributed by atoms with Gasteiger partial charge < -0.3 is 5.32 Å². The highest BCUT2D eigenvalue weighted by Crippen LogP contribution is 2.22. The lowest BCUT2D eigenvalue weighted by Crippen LogP contribution is -2.36. The summed E-state index contributed by atoms with van der Waals surface area (Å²) in [5.74, 6) is -0.107. The fourth-order valence-corrected chi connectivity index (χ4v) is 3.14. The Morgan fingerprint density at radius 1 is 1.38 bits per heavy atom. The van der Waals surface area contributed by atoms with Crippen molar-refractivity contribution in [3.63, 3.8) is 0 Å². The number of hydrogen-bond donors (Lipinski definition) is 1. The molecule has 1 saturated heterocycles. The minimum Gasteiger partial charge on any atom is -0.323 e. The fourth-order valence-electron chi connectivity index (χ4n) is 2.07. The molecule has 1 aromatic heterocycles.